The van der Waals surface area contributed by atoms with E-state index in [2.05, 4.69) is 15.6 Å². The van der Waals surface area contributed by atoms with Gasteiger partial charge in [-0.15, -0.1) is 0 Å². The van der Waals surface area contributed by atoms with E-state index in [0.29, 0.717) is 13.1 Å². The third kappa shape index (κ3) is 4.68. The van der Waals surface area contributed by atoms with Gasteiger partial charge in [-0.05, 0) is 18.2 Å². The van der Waals surface area contributed by atoms with Crippen molar-refractivity contribution in [1.29, 1.82) is 0 Å². The number of amides is 2. The summed E-state index contributed by atoms with van der Waals surface area (Å²) in [5, 5.41) is 4.65. The van der Waals surface area contributed by atoms with Crippen molar-refractivity contribution in [2.45, 2.75) is 6.04 Å². The van der Waals surface area contributed by atoms with E-state index in [4.69, 9.17) is 0 Å². The van der Waals surface area contributed by atoms with Crippen LogP contribution in [0.25, 0.3) is 0 Å². The molecule has 6 heteroatoms. The zero-order chi connectivity index (χ0) is 18.4. The first-order chi connectivity index (χ1) is 12.6. The summed E-state index contributed by atoms with van der Waals surface area (Å²) in [5.41, 5.74) is 4.56. The van der Waals surface area contributed by atoms with Crippen LogP contribution in [0.3, 0.4) is 0 Å². The zero-order valence-corrected chi connectivity index (χ0v) is 14.9. The quantitative estimate of drug-likeness (QED) is 0.811. The fraction of sp³-hybridized carbons (Fsp3) is 0.300. The molecular weight excluding hydrogens is 328 g/mol. The fourth-order valence-corrected chi connectivity index (χ4v) is 2.96. The molecule has 0 bridgehead atoms. The van der Waals surface area contributed by atoms with E-state index in [-0.39, 0.29) is 6.04 Å². The Kier molecular flexibility index (Phi) is 5.99. The first-order valence-corrected chi connectivity index (χ1v) is 8.78. The Morgan fingerprint density at radius 1 is 0.808 bits per heavy atom. The highest BCUT2D eigenvalue weighted by Crippen LogP contribution is 2.21. The molecule has 2 amide bonds. The SMILES string of the molecule is CN1CCN(NC(=O)C(=O)NC(c2ccccc2)c2ccccc2)CC1. The minimum atomic E-state index is -0.637. The Morgan fingerprint density at radius 2 is 1.31 bits per heavy atom. The Morgan fingerprint density at radius 3 is 1.81 bits per heavy atom. The number of nitrogens with one attached hydrogen (secondary N) is 2. The number of rotatable bonds is 4. The molecule has 0 saturated carbocycles. The molecule has 2 aromatic carbocycles. The van der Waals surface area contributed by atoms with E-state index >= 15 is 0 Å². The Hall–Kier alpha value is -2.70. The summed E-state index contributed by atoms with van der Waals surface area (Å²) in [6.07, 6.45) is 0. The third-order valence-corrected chi connectivity index (χ3v) is 4.51. The molecular formula is C20H24N4O2. The van der Waals surface area contributed by atoms with Crippen LogP contribution in [0.15, 0.2) is 60.7 Å². The number of piperazine rings is 1. The maximum atomic E-state index is 12.5. The third-order valence-electron chi connectivity index (χ3n) is 4.51. The van der Waals surface area contributed by atoms with Gasteiger partial charge in [-0.25, -0.2) is 5.01 Å². The molecule has 136 valence electrons. The monoisotopic (exact) mass is 352 g/mol. The second kappa shape index (κ2) is 8.60. The average Bonchev–Trinajstić information content (AvgIpc) is 2.69. The summed E-state index contributed by atoms with van der Waals surface area (Å²) in [4.78, 5) is 27.0. The van der Waals surface area contributed by atoms with Gasteiger partial charge in [0.15, 0.2) is 0 Å². The summed E-state index contributed by atoms with van der Waals surface area (Å²) in [7, 11) is 2.04. The van der Waals surface area contributed by atoms with Gasteiger partial charge in [0.2, 0.25) is 0 Å². The van der Waals surface area contributed by atoms with Crippen molar-refractivity contribution >= 4 is 11.8 Å². The van der Waals surface area contributed by atoms with Gasteiger partial charge >= 0.3 is 11.8 Å². The molecule has 0 aromatic heterocycles. The van der Waals surface area contributed by atoms with E-state index in [1.54, 1.807) is 5.01 Å². The van der Waals surface area contributed by atoms with Crippen LogP contribution in [-0.2, 0) is 9.59 Å². The normalized spacial score (nSPS) is 15.6. The van der Waals surface area contributed by atoms with Crippen LogP contribution in [0.5, 0.6) is 0 Å². The van der Waals surface area contributed by atoms with Gasteiger partial charge in [0.25, 0.3) is 0 Å². The van der Waals surface area contributed by atoms with E-state index in [0.717, 1.165) is 24.2 Å². The lowest BCUT2D eigenvalue weighted by Gasteiger charge is -2.32. The molecule has 6 nitrogen and oxygen atoms in total. The van der Waals surface area contributed by atoms with Crippen molar-refractivity contribution in [3.05, 3.63) is 71.8 Å². The maximum Gasteiger partial charge on any atom is 0.323 e. The summed E-state index contributed by atoms with van der Waals surface area (Å²) in [6.45, 7) is 3.13. The molecule has 0 aliphatic carbocycles. The van der Waals surface area contributed by atoms with Crippen molar-refractivity contribution in [1.82, 2.24) is 20.7 Å². The van der Waals surface area contributed by atoms with Crippen molar-refractivity contribution in [3.63, 3.8) is 0 Å². The van der Waals surface area contributed by atoms with Crippen LogP contribution in [0.4, 0.5) is 0 Å². The number of carbonyl (C=O) groups is 2. The standard InChI is InChI=1S/C20H24N4O2/c1-23-12-14-24(15-13-23)22-20(26)19(25)21-18(16-8-4-2-5-9-16)17-10-6-3-7-11-17/h2-11,18H,12-15H2,1H3,(H,21,25)(H,22,26). The first-order valence-electron chi connectivity index (χ1n) is 8.78. The van der Waals surface area contributed by atoms with Crippen molar-refractivity contribution < 1.29 is 9.59 Å². The van der Waals surface area contributed by atoms with Gasteiger partial charge < -0.3 is 10.2 Å². The van der Waals surface area contributed by atoms with Crippen molar-refractivity contribution in [2.24, 2.45) is 0 Å². The topological polar surface area (TPSA) is 64.7 Å². The predicted molar refractivity (Wildman–Crippen MR) is 100 cm³/mol. The van der Waals surface area contributed by atoms with E-state index in [1.165, 1.54) is 0 Å². The highest BCUT2D eigenvalue weighted by atomic mass is 16.2. The van der Waals surface area contributed by atoms with Gasteiger partial charge in [0.05, 0.1) is 6.04 Å². The number of likely N-dealkylation sites (N-methyl/N-ethyl adjacent to an activating group) is 1. The molecule has 2 N–H and O–H groups in total. The van der Waals surface area contributed by atoms with E-state index in [1.807, 2.05) is 67.7 Å². The number of nitrogens with zero attached hydrogens (tertiary/aromatic N) is 2. The number of hydrogen-bond acceptors (Lipinski definition) is 4. The molecule has 0 spiro atoms. The largest absolute Gasteiger partial charge is 0.337 e. The Bertz CT molecular complexity index is 688. The van der Waals surface area contributed by atoms with Crippen LogP contribution >= 0.6 is 0 Å². The van der Waals surface area contributed by atoms with Gasteiger partial charge in [-0.3, -0.25) is 15.0 Å². The lowest BCUT2D eigenvalue weighted by atomic mass is 9.99. The molecule has 0 atom stereocenters. The molecule has 2 aromatic rings. The molecule has 1 fully saturated rings. The number of hydrogen-bond donors (Lipinski definition) is 2. The van der Waals surface area contributed by atoms with Gasteiger partial charge in [-0.2, -0.15) is 0 Å². The van der Waals surface area contributed by atoms with Crippen molar-refractivity contribution in [3.8, 4) is 0 Å². The summed E-state index contributed by atoms with van der Waals surface area (Å²) >= 11 is 0. The van der Waals surface area contributed by atoms with Crippen LogP contribution in [0, 0.1) is 0 Å². The molecule has 1 heterocycles. The molecule has 26 heavy (non-hydrogen) atoms. The highest BCUT2D eigenvalue weighted by Gasteiger charge is 2.24. The highest BCUT2D eigenvalue weighted by molar-refractivity contribution is 6.35. The van der Waals surface area contributed by atoms with Crippen LogP contribution < -0.4 is 10.7 Å². The molecule has 1 saturated heterocycles. The van der Waals surface area contributed by atoms with E-state index < -0.39 is 11.8 Å². The summed E-state index contributed by atoms with van der Waals surface area (Å²) in [5.74, 6) is -1.27. The lowest BCUT2D eigenvalue weighted by Crippen LogP contribution is -2.55. The second-order valence-electron chi connectivity index (χ2n) is 6.46. The average molecular weight is 352 g/mol. The number of carbonyl (C=O) groups excluding carboxylic acids is 2. The fourth-order valence-electron chi connectivity index (χ4n) is 2.96. The molecule has 1 aliphatic rings. The molecule has 1 aliphatic heterocycles. The van der Waals surface area contributed by atoms with Crippen LogP contribution in [0.2, 0.25) is 0 Å². The first kappa shape index (κ1) is 18.1. The number of hydrazine groups is 1. The minimum absolute atomic E-state index is 0.372. The van der Waals surface area contributed by atoms with Gasteiger partial charge in [0, 0.05) is 26.2 Å². The molecule has 3 rings (SSSR count). The van der Waals surface area contributed by atoms with Crippen LogP contribution in [0.1, 0.15) is 17.2 Å². The molecule has 0 unspecified atom stereocenters. The van der Waals surface area contributed by atoms with Crippen LogP contribution in [-0.4, -0.2) is 54.9 Å². The maximum absolute atomic E-state index is 12.5. The van der Waals surface area contributed by atoms with Gasteiger partial charge in [0.1, 0.15) is 0 Å². The van der Waals surface area contributed by atoms with Gasteiger partial charge in [-0.1, -0.05) is 60.7 Å². The lowest BCUT2D eigenvalue weighted by molar-refractivity contribution is -0.143. The summed E-state index contributed by atoms with van der Waals surface area (Å²) < 4.78 is 0. The summed E-state index contributed by atoms with van der Waals surface area (Å²) in [6, 6.07) is 18.9. The predicted octanol–water partition coefficient (Wildman–Crippen LogP) is 1.17. The second-order valence-corrected chi connectivity index (χ2v) is 6.46. The Balaban J connectivity index is 1.68. The zero-order valence-electron chi connectivity index (χ0n) is 14.9. The van der Waals surface area contributed by atoms with Crippen molar-refractivity contribution in [2.75, 3.05) is 33.2 Å². The number of benzene rings is 2. The van der Waals surface area contributed by atoms with E-state index in [9.17, 15) is 9.59 Å². The minimum Gasteiger partial charge on any atom is -0.337 e. The molecule has 0 radical (unpaired) electrons. The Labute approximate surface area is 153 Å². The smallest absolute Gasteiger partial charge is 0.323 e.